The standard InChI is InChI=1S/C18H21FN2O/c1-14-6-2-5-9-17(14)20-13-11-18(22)21-12-10-15-7-3-4-8-16(15)19/h2-9,20H,10-13H2,1H3,(H,21,22). The summed E-state index contributed by atoms with van der Waals surface area (Å²) in [5.41, 5.74) is 2.82. The molecule has 0 bridgehead atoms. The number of benzene rings is 2. The predicted molar refractivity (Wildman–Crippen MR) is 87.4 cm³/mol. The molecule has 0 saturated carbocycles. The quantitative estimate of drug-likeness (QED) is 0.824. The highest BCUT2D eigenvalue weighted by Gasteiger charge is 2.04. The van der Waals surface area contributed by atoms with Crippen molar-refractivity contribution < 1.29 is 9.18 Å². The van der Waals surface area contributed by atoms with Gasteiger partial charge in [0.15, 0.2) is 0 Å². The molecule has 0 unspecified atom stereocenters. The molecule has 2 rings (SSSR count). The second-order valence-corrected chi connectivity index (χ2v) is 5.18. The highest BCUT2D eigenvalue weighted by Crippen LogP contribution is 2.12. The molecule has 2 aromatic rings. The van der Waals surface area contributed by atoms with E-state index in [2.05, 4.69) is 10.6 Å². The molecule has 0 fully saturated rings. The summed E-state index contributed by atoms with van der Waals surface area (Å²) in [5, 5.41) is 6.05. The van der Waals surface area contributed by atoms with Gasteiger partial charge in [0.2, 0.25) is 5.91 Å². The van der Waals surface area contributed by atoms with Crippen molar-refractivity contribution in [2.45, 2.75) is 19.8 Å². The van der Waals surface area contributed by atoms with Gasteiger partial charge in [-0.15, -0.1) is 0 Å². The van der Waals surface area contributed by atoms with Crippen LogP contribution in [0.5, 0.6) is 0 Å². The largest absolute Gasteiger partial charge is 0.384 e. The Hall–Kier alpha value is -2.36. The summed E-state index contributed by atoms with van der Waals surface area (Å²) in [4.78, 5) is 11.7. The number of amides is 1. The molecular formula is C18H21FN2O. The molecule has 0 atom stereocenters. The van der Waals surface area contributed by atoms with E-state index in [1.807, 2.05) is 31.2 Å². The van der Waals surface area contributed by atoms with Gasteiger partial charge >= 0.3 is 0 Å². The zero-order valence-electron chi connectivity index (χ0n) is 12.7. The fraction of sp³-hybridized carbons (Fsp3) is 0.278. The highest BCUT2D eigenvalue weighted by atomic mass is 19.1. The maximum Gasteiger partial charge on any atom is 0.221 e. The van der Waals surface area contributed by atoms with E-state index in [-0.39, 0.29) is 11.7 Å². The number of rotatable bonds is 7. The lowest BCUT2D eigenvalue weighted by molar-refractivity contribution is -0.120. The van der Waals surface area contributed by atoms with Crippen molar-refractivity contribution >= 4 is 11.6 Å². The van der Waals surface area contributed by atoms with Crippen LogP contribution in [-0.4, -0.2) is 19.0 Å². The van der Waals surface area contributed by atoms with Crippen LogP contribution in [0.1, 0.15) is 17.5 Å². The second kappa shape index (κ2) is 8.17. The molecule has 0 heterocycles. The summed E-state index contributed by atoms with van der Waals surface area (Å²) < 4.78 is 13.4. The average Bonchev–Trinajstić information content (AvgIpc) is 2.51. The van der Waals surface area contributed by atoms with Crippen molar-refractivity contribution in [2.24, 2.45) is 0 Å². The van der Waals surface area contributed by atoms with Gasteiger partial charge in [0.25, 0.3) is 0 Å². The molecule has 0 aliphatic heterocycles. The highest BCUT2D eigenvalue weighted by molar-refractivity contribution is 5.76. The van der Waals surface area contributed by atoms with Gasteiger partial charge in [-0.3, -0.25) is 4.79 Å². The summed E-state index contributed by atoms with van der Waals surface area (Å²) in [6.45, 7) is 3.05. The lowest BCUT2D eigenvalue weighted by Crippen LogP contribution is -2.27. The van der Waals surface area contributed by atoms with Crippen molar-refractivity contribution in [1.82, 2.24) is 5.32 Å². The number of carbonyl (C=O) groups is 1. The van der Waals surface area contributed by atoms with Crippen LogP contribution < -0.4 is 10.6 Å². The van der Waals surface area contributed by atoms with Gasteiger partial charge in [-0.2, -0.15) is 0 Å². The minimum Gasteiger partial charge on any atom is -0.384 e. The van der Waals surface area contributed by atoms with E-state index in [4.69, 9.17) is 0 Å². The van der Waals surface area contributed by atoms with E-state index in [1.54, 1.807) is 18.2 Å². The van der Waals surface area contributed by atoms with Gasteiger partial charge in [-0.25, -0.2) is 4.39 Å². The summed E-state index contributed by atoms with van der Waals surface area (Å²) in [6, 6.07) is 14.6. The number of hydrogen-bond acceptors (Lipinski definition) is 2. The van der Waals surface area contributed by atoms with Gasteiger partial charge in [-0.1, -0.05) is 36.4 Å². The fourth-order valence-corrected chi connectivity index (χ4v) is 2.21. The number of aryl methyl sites for hydroxylation is 1. The second-order valence-electron chi connectivity index (χ2n) is 5.18. The minimum absolute atomic E-state index is 0.0302. The Morgan fingerprint density at radius 3 is 2.55 bits per heavy atom. The third-order valence-electron chi connectivity index (χ3n) is 3.49. The summed E-state index contributed by atoms with van der Waals surface area (Å²) in [7, 11) is 0. The Morgan fingerprint density at radius 1 is 1.05 bits per heavy atom. The summed E-state index contributed by atoms with van der Waals surface area (Å²) in [5.74, 6) is -0.254. The number of hydrogen-bond donors (Lipinski definition) is 2. The number of anilines is 1. The van der Waals surface area contributed by atoms with Crippen LogP contribution in [-0.2, 0) is 11.2 Å². The number of para-hydroxylation sites is 1. The zero-order chi connectivity index (χ0) is 15.8. The van der Waals surface area contributed by atoms with Crippen LogP contribution >= 0.6 is 0 Å². The Morgan fingerprint density at radius 2 is 1.77 bits per heavy atom. The molecule has 0 spiro atoms. The van der Waals surface area contributed by atoms with E-state index in [1.165, 1.54) is 6.07 Å². The number of halogens is 1. The molecule has 0 radical (unpaired) electrons. The SMILES string of the molecule is Cc1ccccc1NCCC(=O)NCCc1ccccc1F. The molecule has 2 N–H and O–H groups in total. The van der Waals surface area contributed by atoms with E-state index >= 15 is 0 Å². The van der Waals surface area contributed by atoms with Crippen LogP contribution in [0.15, 0.2) is 48.5 Å². The first-order chi connectivity index (χ1) is 10.7. The Kier molecular flexibility index (Phi) is 5.95. The molecule has 1 amide bonds. The average molecular weight is 300 g/mol. The zero-order valence-corrected chi connectivity index (χ0v) is 12.7. The normalized spacial score (nSPS) is 10.3. The lowest BCUT2D eigenvalue weighted by atomic mass is 10.1. The molecule has 0 saturated heterocycles. The van der Waals surface area contributed by atoms with Crippen LogP contribution in [0.25, 0.3) is 0 Å². The fourth-order valence-electron chi connectivity index (χ4n) is 2.21. The third-order valence-corrected chi connectivity index (χ3v) is 3.49. The van der Waals surface area contributed by atoms with Crippen molar-refractivity contribution in [2.75, 3.05) is 18.4 Å². The molecule has 0 aliphatic rings. The van der Waals surface area contributed by atoms with E-state index in [9.17, 15) is 9.18 Å². The number of nitrogens with one attached hydrogen (secondary N) is 2. The topological polar surface area (TPSA) is 41.1 Å². The van der Waals surface area contributed by atoms with Gasteiger partial charge in [0.1, 0.15) is 5.82 Å². The van der Waals surface area contributed by atoms with Crippen LogP contribution in [0, 0.1) is 12.7 Å². The first kappa shape index (κ1) is 16.0. The maximum atomic E-state index is 13.4. The van der Waals surface area contributed by atoms with Gasteiger partial charge in [0.05, 0.1) is 0 Å². The number of carbonyl (C=O) groups excluding carboxylic acids is 1. The molecule has 3 nitrogen and oxygen atoms in total. The Balaban J connectivity index is 1.66. The molecule has 4 heteroatoms. The molecule has 22 heavy (non-hydrogen) atoms. The molecule has 0 aliphatic carbocycles. The van der Waals surface area contributed by atoms with E-state index in [0.717, 1.165) is 11.3 Å². The first-order valence-corrected chi connectivity index (χ1v) is 7.46. The van der Waals surface area contributed by atoms with E-state index in [0.29, 0.717) is 31.5 Å². The van der Waals surface area contributed by atoms with Gasteiger partial charge in [-0.05, 0) is 36.6 Å². The van der Waals surface area contributed by atoms with Crippen LogP contribution in [0.3, 0.4) is 0 Å². The van der Waals surface area contributed by atoms with Crippen LogP contribution in [0.4, 0.5) is 10.1 Å². The Bertz CT molecular complexity index is 574. The summed E-state index contributed by atoms with van der Waals surface area (Å²) in [6.07, 6.45) is 0.898. The molecule has 116 valence electrons. The van der Waals surface area contributed by atoms with Crippen molar-refractivity contribution in [3.05, 3.63) is 65.5 Å². The first-order valence-electron chi connectivity index (χ1n) is 7.46. The van der Waals surface area contributed by atoms with Gasteiger partial charge in [0, 0.05) is 25.2 Å². The third kappa shape index (κ3) is 4.88. The molecule has 0 aromatic heterocycles. The summed E-state index contributed by atoms with van der Waals surface area (Å²) >= 11 is 0. The predicted octanol–water partition coefficient (Wildman–Crippen LogP) is 3.30. The molecule has 2 aromatic carbocycles. The minimum atomic E-state index is -0.224. The molecular weight excluding hydrogens is 279 g/mol. The lowest BCUT2D eigenvalue weighted by Gasteiger charge is -2.09. The Labute approximate surface area is 130 Å². The smallest absolute Gasteiger partial charge is 0.221 e. The van der Waals surface area contributed by atoms with Crippen molar-refractivity contribution in [3.8, 4) is 0 Å². The maximum absolute atomic E-state index is 13.4. The van der Waals surface area contributed by atoms with E-state index < -0.39 is 0 Å². The monoisotopic (exact) mass is 300 g/mol. The van der Waals surface area contributed by atoms with Crippen molar-refractivity contribution in [1.29, 1.82) is 0 Å². The van der Waals surface area contributed by atoms with Gasteiger partial charge < -0.3 is 10.6 Å². The van der Waals surface area contributed by atoms with Crippen molar-refractivity contribution in [3.63, 3.8) is 0 Å². The van der Waals surface area contributed by atoms with Crippen LogP contribution in [0.2, 0.25) is 0 Å².